The molecule has 2 aliphatic rings. The van der Waals surface area contributed by atoms with Crippen LogP contribution >= 0.6 is 0 Å². The van der Waals surface area contributed by atoms with E-state index in [-0.39, 0.29) is 11.8 Å². The van der Waals surface area contributed by atoms with Gasteiger partial charge >= 0.3 is 0 Å². The largest absolute Gasteiger partial charge is 0.497 e. The lowest BCUT2D eigenvalue weighted by molar-refractivity contribution is -0.143. The van der Waals surface area contributed by atoms with Crippen LogP contribution in [0.4, 0.5) is 0 Å². The number of methoxy groups -OCH3 is 1. The van der Waals surface area contributed by atoms with Gasteiger partial charge in [0.25, 0.3) is 5.91 Å². The summed E-state index contributed by atoms with van der Waals surface area (Å²) in [7, 11) is 5.48. The van der Waals surface area contributed by atoms with Gasteiger partial charge in [-0.2, -0.15) is 0 Å². The fourth-order valence-electron chi connectivity index (χ4n) is 4.80. The van der Waals surface area contributed by atoms with E-state index in [1.807, 2.05) is 53.6 Å². The lowest BCUT2D eigenvalue weighted by Crippen LogP contribution is -2.48. The van der Waals surface area contributed by atoms with Gasteiger partial charge in [-0.05, 0) is 44.4 Å². The number of carbonyl (C=O) groups excluding carboxylic acids is 2. The summed E-state index contributed by atoms with van der Waals surface area (Å²) < 4.78 is 7.41. The number of hydrogen-bond donors (Lipinski definition) is 0. The Hall–Kier alpha value is -2.50. The van der Waals surface area contributed by atoms with E-state index in [9.17, 15) is 9.59 Å². The summed E-state index contributed by atoms with van der Waals surface area (Å²) in [4.78, 5) is 29.9. The summed E-state index contributed by atoms with van der Waals surface area (Å²) in [5.41, 5.74) is 2.29. The molecule has 2 aromatic rings. The van der Waals surface area contributed by atoms with Crippen molar-refractivity contribution in [3.05, 3.63) is 29.5 Å². The van der Waals surface area contributed by atoms with E-state index in [0.29, 0.717) is 13.1 Å². The van der Waals surface area contributed by atoms with Gasteiger partial charge in [-0.15, -0.1) is 0 Å². The first-order valence-corrected chi connectivity index (χ1v) is 9.56. The van der Waals surface area contributed by atoms with Crippen molar-refractivity contribution in [2.45, 2.75) is 26.2 Å². The molecule has 0 unspecified atom stereocenters. The third kappa shape index (κ3) is 2.61. The number of aromatic nitrogens is 1. The van der Waals surface area contributed by atoms with Gasteiger partial charge in [0, 0.05) is 50.3 Å². The third-order valence-electron chi connectivity index (χ3n) is 6.50. The molecular formula is C21H27N3O3. The molecule has 2 saturated heterocycles. The van der Waals surface area contributed by atoms with Crippen molar-refractivity contribution in [1.82, 2.24) is 14.4 Å². The molecule has 0 saturated carbocycles. The summed E-state index contributed by atoms with van der Waals surface area (Å²) in [6.45, 7) is 3.95. The zero-order valence-corrected chi connectivity index (χ0v) is 16.5. The molecule has 0 radical (unpaired) electrons. The number of fused-ring (bicyclic) bond motifs is 1. The molecule has 1 aromatic heterocycles. The predicted octanol–water partition coefficient (Wildman–Crippen LogP) is 2.58. The van der Waals surface area contributed by atoms with Gasteiger partial charge in [0.1, 0.15) is 5.75 Å². The first-order valence-electron chi connectivity index (χ1n) is 9.56. The third-order valence-corrected chi connectivity index (χ3v) is 6.50. The van der Waals surface area contributed by atoms with Gasteiger partial charge in [-0.25, -0.2) is 0 Å². The molecule has 1 atom stereocenters. The molecule has 2 aliphatic heterocycles. The SMILES string of the molecule is COc1ccc2c(c1)c(C(=O)N1CC[C@]3(CCCN(C)C3=O)C1)c(C)n2C. The number of hydrogen-bond acceptors (Lipinski definition) is 3. The first kappa shape index (κ1) is 17.9. The van der Waals surface area contributed by atoms with Crippen molar-refractivity contribution in [3.8, 4) is 5.75 Å². The Morgan fingerprint density at radius 3 is 2.70 bits per heavy atom. The van der Waals surface area contributed by atoms with Gasteiger partial charge in [0.05, 0.1) is 18.1 Å². The maximum atomic E-state index is 13.5. The molecule has 0 bridgehead atoms. The molecule has 1 spiro atoms. The highest BCUT2D eigenvalue weighted by Gasteiger charge is 2.49. The lowest BCUT2D eigenvalue weighted by Gasteiger charge is -2.37. The molecule has 27 heavy (non-hydrogen) atoms. The Kier molecular flexibility index (Phi) is 4.17. The molecule has 1 aromatic carbocycles. The second-order valence-electron chi connectivity index (χ2n) is 7.99. The standard InChI is InChI=1S/C21H27N3O3/c1-14-18(16-12-15(27-4)6-7-17(16)23(14)3)19(25)24-11-9-21(13-24)8-5-10-22(2)20(21)26/h6-7,12H,5,8-11,13H2,1-4H3/t21-/m1/s1. The Morgan fingerprint density at radius 1 is 1.19 bits per heavy atom. The molecule has 2 fully saturated rings. The highest BCUT2D eigenvalue weighted by molar-refractivity contribution is 6.09. The molecule has 6 heteroatoms. The molecule has 3 heterocycles. The summed E-state index contributed by atoms with van der Waals surface area (Å²) in [5.74, 6) is 0.953. The number of carbonyl (C=O) groups is 2. The van der Waals surface area contributed by atoms with Crippen LogP contribution in [0.15, 0.2) is 18.2 Å². The fourth-order valence-corrected chi connectivity index (χ4v) is 4.80. The topological polar surface area (TPSA) is 54.8 Å². The molecule has 2 amide bonds. The average Bonchev–Trinajstić information content (AvgIpc) is 3.20. The van der Waals surface area contributed by atoms with Crippen molar-refractivity contribution >= 4 is 22.7 Å². The van der Waals surface area contributed by atoms with Crippen LogP contribution < -0.4 is 4.74 Å². The van der Waals surface area contributed by atoms with Gasteiger partial charge in [0.2, 0.25) is 5.91 Å². The zero-order chi connectivity index (χ0) is 19.3. The van der Waals surface area contributed by atoms with Gasteiger partial charge in [-0.1, -0.05) is 0 Å². The van der Waals surface area contributed by atoms with Crippen LogP contribution in [0.3, 0.4) is 0 Å². The molecule has 144 valence electrons. The minimum atomic E-state index is -0.390. The number of ether oxygens (including phenoxy) is 1. The van der Waals surface area contributed by atoms with Crippen molar-refractivity contribution in [2.24, 2.45) is 12.5 Å². The Bertz CT molecular complexity index is 932. The first-order chi connectivity index (χ1) is 12.9. The molecule has 0 N–H and O–H groups in total. The van der Waals surface area contributed by atoms with E-state index < -0.39 is 5.41 Å². The van der Waals surface area contributed by atoms with Crippen LogP contribution in [0.25, 0.3) is 10.9 Å². The normalized spacial score (nSPS) is 22.9. The summed E-state index contributed by atoms with van der Waals surface area (Å²) in [6.07, 6.45) is 2.64. The minimum Gasteiger partial charge on any atom is -0.497 e. The van der Waals surface area contributed by atoms with Crippen LogP contribution in [0.5, 0.6) is 5.75 Å². The van der Waals surface area contributed by atoms with Crippen LogP contribution in [-0.4, -0.2) is 60.0 Å². The number of likely N-dealkylation sites (tertiary alicyclic amines) is 2. The van der Waals surface area contributed by atoms with Crippen molar-refractivity contribution < 1.29 is 14.3 Å². The number of aryl methyl sites for hydroxylation is 1. The van der Waals surface area contributed by atoms with E-state index in [1.54, 1.807) is 7.11 Å². The van der Waals surface area contributed by atoms with Gasteiger partial charge < -0.3 is 19.1 Å². The number of rotatable bonds is 2. The number of nitrogens with zero attached hydrogens (tertiary/aromatic N) is 3. The fraction of sp³-hybridized carbons (Fsp3) is 0.524. The van der Waals surface area contributed by atoms with Crippen LogP contribution in [0, 0.1) is 12.3 Å². The Labute approximate surface area is 159 Å². The van der Waals surface area contributed by atoms with Gasteiger partial charge in [0.15, 0.2) is 0 Å². The minimum absolute atomic E-state index is 0.0178. The Balaban J connectivity index is 1.70. The Morgan fingerprint density at radius 2 is 1.96 bits per heavy atom. The van der Waals surface area contributed by atoms with E-state index in [0.717, 1.165) is 53.7 Å². The molecule has 0 aliphatic carbocycles. The zero-order valence-electron chi connectivity index (χ0n) is 16.5. The maximum absolute atomic E-state index is 13.5. The van der Waals surface area contributed by atoms with E-state index in [4.69, 9.17) is 4.74 Å². The maximum Gasteiger partial charge on any atom is 0.256 e. The van der Waals surface area contributed by atoms with E-state index in [2.05, 4.69) is 0 Å². The smallest absolute Gasteiger partial charge is 0.256 e. The summed E-state index contributed by atoms with van der Waals surface area (Å²) >= 11 is 0. The van der Waals surface area contributed by atoms with E-state index >= 15 is 0 Å². The predicted molar refractivity (Wildman–Crippen MR) is 104 cm³/mol. The number of benzene rings is 1. The quantitative estimate of drug-likeness (QED) is 0.818. The van der Waals surface area contributed by atoms with Crippen LogP contribution in [-0.2, 0) is 11.8 Å². The van der Waals surface area contributed by atoms with Crippen molar-refractivity contribution in [1.29, 1.82) is 0 Å². The summed E-state index contributed by atoms with van der Waals surface area (Å²) in [5, 5.41) is 0.910. The second-order valence-corrected chi connectivity index (χ2v) is 7.99. The average molecular weight is 369 g/mol. The highest BCUT2D eigenvalue weighted by atomic mass is 16.5. The monoisotopic (exact) mass is 369 g/mol. The van der Waals surface area contributed by atoms with Crippen molar-refractivity contribution in [2.75, 3.05) is 33.8 Å². The molecular weight excluding hydrogens is 342 g/mol. The van der Waals surface area contributed by atoms with E-state index in [1.165, 1.54) is 0 Å². The van der Waals surface area contributed by atoms with Crippen molar-refractivity contribution in [3.63, 3.8) is 0 Å². The summed E-state index contributed by atoms with van der Waals surface area (Å²) in [6, 6.07) is 5.83. The van der Waals surface area contributed by atoms with Crippen LogP contribution in [0.2, 0.25) is 0 Å². The highest BCUT2D eigenvalue weighted by Crippen LogP contribution is 2.41. The van der Waals surface area contributed by atoms with Crippen LogP contribution in [0.1, 0.15) is 35.3 Å². The number of amides is 2. The number of piperidine rings is 1. The molecule has 4 rings (SSSR count). The lowest BCUT2D eigenvalue weighted by atomic mass is 9.78. The van der Waals surface area contributed by atoms with Gasteiger partial charge in [-0.3, -0.25) is 9.59 Å². The molecule has 6 nitrogen and oxygen atoms in total. The second kappa shape index (κ2) is 6.29.